The molecule has 4 nitrogen and oxygen atoms in total. The molecule has 1 rings (SSSR count). The number of benzene rings is 1. The second kappa shape index (κ2) is 12.5. The van der Waals surface area contributed by atoms with E-state index in [-0.39, 0.29) is 5.57 Å². The highest BCUT2D eigenvalue weighted by molar-refractivity contribution is 5.57. The number of nitrogens with one attached hydrogen (secondary N) is 2. The molecule has 1 unspecified atom stereocenters. The fourth-order valence-electron chi connectivity index (χ4n) is 2.46. The SMILES string of the molecule is C\C=C/C=C(\C=C(/C)COC(C(F)(F)F)C(F)(F)F)C(=C/C(N)NC)/Nc1ccccc1. The fraction of sp³-hybridized carbons (Fsp3) is 0.364. The van der Waals surface area contributed by atoms with Gasteiger partial charge in [-0.3, -0.25) is 0 Å². The highest BCUT2D eigenvalue weighted by Crippen LogP contribution is 2.36. The van der Waals surface area contributed by atoms with Crippen molar-refractivity contribution in [2.24, 2.45) is 5.73 Å². The van der Waals surface area contributed by atoms with E-state index in [9.17, 15) is 26.3 Å². The summed E-state index contributed by atoms with van der Waals surface area (Å²) in [5.74, 6) is 0. The van der Waals surface area contributed by atoms with Gasteiger partial charge in [0.05, 0.1) is 12.8 Å². The molecule has 0 fully saturated rings. The number of allylic oxidation sites excluding steroid dienone is 4. The molecule has 1 aromatic carbocycles. The third-order valence-electron chi connectivity index (χ3n) is 3.99. The Morgan fingerprint density at radius 2 is 1.69 bits per heavy atom. The van der Waals surface area contributed by atoms with Crippen LogP contribution < -0.4 is 16.4 Å². The molecule has 0 aromatic heterocycles. The zero-order valence-electron chi connectivity index (χ0n) is 17.9. The third kappa shape index (κ3) is 9.71. The van der Waals surface area contributed by atoms with Gasteiger partial charge in [0.1, 0.15) is 0 Å². The van der Waals surface area contributed by atoms with Crippen LogP contribution in [0.3, 0.4) is 0 Å². The number of ether oxygens (including phenoxy) is 1. The van der Waals surface area contributed by atoms with Crippen molar-refractivity contribution in [2.45, 2.75) is 38.5 Å². The number of hydrogen-bond acceptors (Lipinski definition) is 4. The Bertz CT molecular complexity index is 812. The Morgan fingerprint density at radius 1 is 1.09 bits per heavy atom. The lowest BCUT2D eigenvalue weighted by Gasteiger charge is -2.23. The van der Waals surface area contributed by atoms with E-state index >= 15 is 0 Å². The Hall–Kier alpha value is -2.56. The second-order valence-electron chi connectivity index (χ2n) is 6.80. The van der Waals surface area contributed by atoms with Crippen LogP contribution in [0.2, 0.25) is 0 Å². The molecule has 1 aromatic rings. The number of rotatable bonds is 10. The first-order valence-corrected chi connectivity index (χ1v) is 9.60. The zero-order chi connectivity index (χ0) is 24.4. The molecule has 178 valence electrons. The van der Waals surface area contributed by atoms with Crippen LogP contribution in [-0.4, -0.2) is 38.3 Å². The maximum absolute atomic E-state index is 12.7. The van der Waals surface area contributed by atoms with Crippen LogP contribution in [0.1, 0.15) is 13.8 Å². The summed E-state index contributed by atoms with van der Waals surface area (Å²) < 4.78 is 80.5. The smallest absolute Gasteiger partial charge is 0.356 e. The summed E-state index contributed by atoms with van der Waals surface area (Å²) in [6.45, 7) is 2.28. The van der Waals surface area contributed by atoms with Crippen molar-refractivity contribution >= 4 is 5.69 Å². The average Bonchev–Trinajstić information content (AvgIpc) is 2.69. The molecule has 1 atom stereocenters. The van der Waals surface area contributed by atoms with Crippen molar-refractivity contribution in [2.75, 3.05) is 19.0 Å². The highest BCUT2D eigenvalue weighted by atomic mass is 19.4. The first kappa shape index (κ1) is 27.5. The standard InChI is InChI=1S/C22H27F6N3O/c1-4-5-9-16(12-15(2)14-32-20(21(23,24)25)22(26,27)28)18(13-19(29)30-3)31-17-10-7-6-8-11-17/h4-13,19-20,30-31H,14,29H2,1-3H3/b5-4-,15-12+,16-9+,18-13-. The number of nitrogens with two attached hydrogens (primary N) is 1. The number of halogens is 6. The van der Waals surface area contributed by atoms with E-state index in [1.54, 1.807) is 62.5 Å². The number of hydrogen-bond donors (Lipinski definition) is 3. The van der Waals surface area contributed by atoms with E-state index in [2.05, 4.69) is 15.4 Å². The van der Waals surface area contributed by atoms with Crippen molar-refractivity contribution in [3.05, 3.63) is 77.6 Å². The topological polar surface area (TPSA) is 59.3 Å². The van der Waals surface area contributed by atoms with Crippen molar-refractivity contribution < 1.29 is 31.1 Å². The summed E-state index contributed by atoms with van der Waals surface area (Å²) >= 11 is 0. The monoisotopic (exact) mass is 463 g/mol. The summed E-state index contributed by atoms with van der Waals surface area (Å²) in [5, 5.41) is 6.01. The van der Waals surface area contributed by atoms with Gasteiger partial charge in [0.2, 0.25) is 6.10 Å². The maximum atomic E-state index is 12.7. The van der Waals surface area contributed by atoms with Gasteiger partial charge in [-0.25, -0.2) is 0 Å². The van der Waals surface area contributed by atoms with Gasteiger partial charge in [0.15, 0.2) is 0 Å². The van der Waals surface area contributed by atoms with Crippen LogP contribution in [0.4, 0.5) is 32.0 Å². The molecule has 0 amide bonds. The molecule has 0 aliphatic heterocycles. The van der Waals surface area contributed by atoms with Crippen LogP contribution >= 0.6 is 0 Å². The van der Waals surface area contributed by atoms with Crippen LogP contribution in [0.25, 0.3) is 0 Å². The fourth-order valence-corrected chi connectivity index (χ4v) is 2.46. The third-order valence-corrected chi connectivity index (χ3v) is 3.99. The zero-order valence-corrected chi connectivity index (χ0v) is 17.9. The molecule has 0 saturated carbocycles. The molecule has 0 spiro atoms. The lowest BCUT2D eigenvalue weighted by Crippen LogP contribution is -2.44. The van der Waals surface area contributed by atoms with Gasteiger partial charge >= 0.3 is 12.4 Å². The Kier molecular flexibility index (Phi) is 10.7. The van der Waals surface area contributed by atoms with Gasteiger partial charge in [-0.2, -0.15) is 26.3 Å². The summed E-state index contributed by atoms with van der Waals surface area (Å²) in [5.41, 5.74) is 7.79. The molecule has 10 heteroatoms. The number of anilines is 1. The van der Waals surface area contributed by atoms with Crippen molar-refractivity contribution in [3.63, 3.8) is 0 Å². The van der Waals surface area contributed by atoms with Gasteiger partial charge in [-0.05, 0) is 50.3 Å². The Balaban J connectivity index is 3.24. The number of likely N-dealkylation sites (N-methyl/N-ethyl adjacent to an activating group) is 1. The predicted octanol–water partition coefficient (Wildman–Crippen LogP) is 5.45. The largest absolute Gasteiger partial charge is 0.423 e. The van der Waals surface area contributed by atoms with Crippen LogP contribution in [0, 0.1) is 0 Å². The van der Waals surface area contributed by atoms with E-state index in [1.165, 1.54) is 13.0 Å². The maximum Gasteiger partial charge on any atom is 0.423 e. The normalized spacial score (nSPS) is 15.5. The lowest BCUT2D eigenvalue weighted by atomic mass is 10.1. The molecule has 4 N–H and O–H groups in total. The van der Waals surface area contributed by atoms with Gasteiger partial charge in [0.25, 0.3) is 0 Å². The second-order valence-corrected chi connectivity index (χ2v) is 6.80. The predicted molar refractivity (Wildman–Crippen MR) is 114 cm³/mol. The van der Waals surface area contributed by atoms with E-state index in [1.807, 2.05) is 6.07 Å². The van der Waals surface area contributed by atoms with Gasteiger partial charge < -0.3 is 21.1 Å². The molecule has 0 aliphatic rings. The lowest BCUT2D eigenvalue weighted by molar-refractivity contribution is -0.319. The van der Waals surface area contributed by atoms with E-state index in [4.69, 9.17) is 5.73 Å². The van der Waals surface area contributed by atoms with Crippen LogP contribution in [-0.2, 0) is 4.74 Å². The van der Waals surface area contributed by atoms with Crippen molar-refractivity contribution in [3.8, 4) is 0 Å². The molecule has 0 radical (unpaired) electrons. The quantitative estimate of drug-likeness (QED) is 0.246. The van der Waals surface area contributed by atoms with Crippen molar-refractivity contribution in [1.29, 1.82) is 0 Å². The van der Waals surface area contributed by atoms with E-state index < -0.39 is 31.2 Å². The Morgan fingerprint density at radius 3 is 2.19 bits per heavy atom. The minimum atomic E-state index is -5.57. The number of para-hydroxylation sites is 1. The van der Waals surface area contributed by atoms with Gasteiger partial charge in [0, 0.05) is 11.4 Å². The molecule has 0 bridgehead atoms. The molecule has 0 heterocycles. The molecule has 32 heavy (non-hydrogen) atoms. The molecule has 0 aliphatic carbocycles. The molecular formula is C22H27F6N3O. The van der Waals surface area contributed by atoms with E-state index in [0.717, 1.165) is 0 Å². The summed E-state index contributed by atoms with van der Waals surface area (Å²) in [7, 11) is 1.64. The van der Waals surface area contributed by atoms with Gasteiger partial charge in [-0.15, -0.1) is 0 Å². The number of alkyl halides is 6. The minimum Gasteiger partial charge on any atom is -0.356 e. The minimum absolute atomic E-state index is 0.151. The summed E-state index contributed by atoms with van der Waals surface area (Å²) in [4.78, 5) is 0. The van der Waals surface area contributed by atoms with Gasteiger partial charge in [-0.1, -0.05) is 42.5 Å². The average molecular weight is 463 g/mol. The summed E-state index contributed by atoms with van der Waals surface area (Å²) in [6, 6.07) is 9.02. The highest BCUT2D eigenvalue weighted by Gasteiger charge is 2.57. The van der Waals surface area contributed by atoms with Crippen molar-refractivity contribution in [1.82, 2.24) is 5.32 Å². The van der Waals surface area contributed by atoms with Crippen LogP contribution in [0.5, 0.6) is 0 Å². The molecular weight excluding hydrogens is 436 g/mol. The Labute approximate surface area is 183 Å². The summed E-state index contributed by atoms with van der Waals surface area (Å²) in [6.07, 6.45) is -7.44. The van der Waals surface area contributed by atoms with E-state index in [0.29, 0.717) is 17.0 Å². The van der Waals surface area contributed by atoms with Crippen LogP contribution in [0.15, 0.2) is 77.6 Å². The first-order chi connectivity index (χ1) is 14.9. The molecule has 0 saturated heterocycles. The first-order valence-electron chi connectivity index (χ1n) is 9.60.